The number of amides is 1. The molecular weight excluding hydrogens is 270 g/mol. The molecule has 6 heteroatoms. The highest BCUT2D eigenvalue weighted by Crippen LogP contribution is 2.27. The smallest absolute Gasteiger partial charge is 0.253 e. The van der Waals surface area contributed by atoms with E-state index in [-0.39, 0.29) is 5.91 Å². The van der Waals surface area contributed by atoms with Gasteiger partial charge in [-0.1, -0.05) is 5.16 Å². The first-order chi connectivity index (χ1) is 9.85. The minimum absolute atomic E-state index is 0.213. The number of pyridine rings is 1. The number of aryl methyl sites for hydroxylation is 2. The molecule has 0 atom stereocenters. The SMILES string of the molecule is COc1ccc(C(=O)NC(C)(C)c2c(C)noc2C)cn1. The molecule has 2 aromatic heterocycles. The molecular formula is C15H19N3O3. The van der Waals surface area contributed by atoms with Crippen LogP contribution < -0.4 is 10.1 Å². The van der Waals surface area contributed by atoms with Crippen LogP contribution in [-0.2, 0) is 5.54 Å². The number of hydrogen-bond donors (Lipinski definition) is 1. The highest BCUT2D eigenvalue weighted by molar-refractivity contribution is 5.94. The summed E-state index contributed by atoms with van der Waals surface area (Å²) in [6.07, 6.45) is 1.48. The Balaban J connectivity index is 2.21. The maximum atomic E-state index is 12.3. The normalized spacial score (nSPS) is 11.3. The van der Waals surface area contributed by atoms with Crippen molar-refractivity contribution in [1.29, 1.82) is 0 Å². The van der Waals surface area contributed by atoms with Crippen LogP contribution in [0.2, 0.25) is 0 Å². The van der Waals surface area contributed by atoms with Crippen LogP contribution in [-0.4, -0.2) is 23.2 Å². The molecule has 2 rings (SSSR count). The summed E-state index contributed by atoms with van der Waals surface area (Å²) in [6.45, 7) is 7.51. The number of ether oxygens (including phenoxy) is 1. The number of carbonyl (C=O) groups is 1. The zero-order chi connectivity index (χ0) is 15.6. The van der Waals surface area contributed by atoms with Crippen LogP contribution >= 0.6 is 0 Å². The highest BCUT2D eigenvalue weighted by Gasteiger charge is 2.30. The van der Waals surface area contributed by atoms with Crippen molar-refractivity contribution in [2.45, 2.75) is 33.2 Å². The van der Waals surface area contributed by atoms with Gasteiger partial charge in [-0.05, 0) is 33.8 Å². The quantitative estimate of drug-likeness (QED) is 0.935. The first-order valence-electron chi connectivity index (χ1n) is 6.61. The van der Waals surface area contributed by atoms with Crippen molar-refractivity contribution in [2.75, 3.05) is 7.11 Å². The number of rotatable bonds is 4. The third kappa shape index (κ3) is 3.04. The zero-order valence-corrected chi connectivity index (χ0v) is 12.9. The van der Waals surface area contributed by atoms with Gasteiger partial charge in [-0.3, -0.25) is 4.79 Å². The molecule has 1 N–H and O–H groups in total. The standard InChI is InChI=1S/C15H19N3O3/c1-9-13(10(2)21-18-9)15(3,4)17-14(19)11-6-7-12(20-5)16-8-11/h6-8H,1-5H3,(H,17,19). The van der Waals surface area contributed by atoms with Gasteiger partial charge >= 0.3 is 0 Å². The van der Waals surface area contributed by atoms with Crippen LogP contribution in [0.3, 0.4) is 0 Å². The third-order valence-electron chi connectivity index (χ3n) is 3.29. The van der Waals surface area contributed by atoms with E-state index in [1.807, 2.05) is 27.7 Å². The van der Waals surface area contributed by atoms with Gasteiger partial charge in [0, 0.05) is 17.8 Å². The topological polar surface area (TPSA) is 77.2 Å². The predicted octanol–water partition coefficient (Wildman–Crippen LogP) is 2.36. The summed E-state index contributed by atoms with van der Waals surface area (Å²) in [5.41, 5.74) is 1.53. The fourth-order valence-electron chi connectivity index (χ4n) is 2.43. The van der Waals surface area contributed by atoms with E-state index in [0.717, 1.165) is 11.3 Å². The van der Waals surface area contributed by atoms with Crippen molar-refractivity contribution in [3.63, 3.8) is 0 Å². The fourth-order valence-corrected chi connectivity index (χ4v) is 2.43. The molecule has 0 bridgehead atoms. The van der Waals surface area contributed by atoms with Gasteiger partial charge < -0.3 is 14.6 Å². The number of aromatic nitrogens is 2. The predicted molar refractivity (Wildman–Crippen MR) is 77.3 cm³/mol. The molecule has 0 aliphatic heterocycles. The largest absolute Gasteiger partial charge is 0.481 e. The lowest BCUT2D eigenvalue weighted by atomic mass is 9.92. The van der Waals surface area contributed by atoms with Crippen LogP contribution in [0.1, 0.15) is 41.2 Å². The summed E-state index contributed by atoms with van der Waals surface area (Å²) >= 11 is 0. The molecule has 0 radical (unpaired) electrons. The molecule has 0 aromatic carbocycles. The minimum atomic E-state index is -0.592. The lowest BCUT2D eigenvalue weighted by Gasteiger charge is -2.26. The summed E-state index contributed by atoms with van der Waals surface area (Å²) in [5, 5.41) is 6.90. The average molecular weight is 289 g/mol. The van der Waals surface area contributed by atoms with Crippen molar-refractivity contribution in [3.8, 4) is 5.88 Å². The fraction of sp³-hybridized carbons (Fsp3) is 0.400. The van der Waals surface area contributed by atoms with Gasteiger partial charge in [-0.2, -0.15) is 0 Å². The Bertz CT molecular complexity index is 625. The summed E-state index contributed by atoms with van der Waals surface area (Å²) < 4.78 is 10.1. The second-order valence-corrected chi connectivity index (χ2v) is 5.37. The molecule has 2 aromatic rings. The van der Waals surface area contributed by atoms with Crippen LogP contribution in [0.4, 0.5) is 0 Å². The van der Waals surface area contributed by atoms with Gasteiger partial charge in [-0.25, -0.2) is 4.98 Å². The van der Waals surface area contributed by atoms with E-state index in [1.54, 1.807) is 12.1 Å². The molecule has 6 nitrogen and oxygen atoms in total. The van der Waals surface area contributed by atoms with E-state index >= 15 is 0 Å². The molecule has 21 heavy (non-hydrogen) atoms. The average Bonchev–Trinajstić information content (AvgIpc) is 2.78. The molecule has 0 aliphatic rings. The molecule has 1 amide bonds. The van der Waals surface area contributed by atoms with Gasteiger partial charge in [0.25, 0.3) is 5.91 Å². The molecule has 0 saturated carbocycles. The maximum Gasteiger partial charge on any atom is 0.253 e. The van der Waals surface area contributed by atoms with E-state index < -0.39 is 5.54 Å². The third-order valence-corrected chi connectivity index (χ3v) is 3.29. The minimum Gasteiger partial charge on any atom is -0.481 e. The summed E-state index contributed by atoms with van der Waals surface area (Å²) in [5.74, 6) is 0.956. The highest BCUT2D eigenvalue weighted by atomic mass is 16.5. The van der Waals surface area contributed by atoms with Crippen LogP contribution in [0.25, 0.3) is 0 Å². The first-order valence-corrected chi connectivity index (χ1v) is 6.61. The Hall–Kier alpha value is -2.37. The van der Waals surface area contributed by atoms with Crippen LogP contribution in [0.15, 0.2) is 22.9 Å². The van der Waals surface area contributed by atoms with Crippen molar-refractivity contribution in [3.05, 3.63) is 40.9 Å². The molecule has 0 saturated heterocycles. The van der Waals surface area contributed by atoms with Gasteiger partial charge in [0.05, 0.1) is 23.9 Å². The summed E-state index contributed by atoms with van der Waals surface area (Å²) in [4.78, 5) is 16.4. The Labute approximate surface area is 123 Å². The lowest BCUT2D eigenvalue weighted by molar-refractivity contribution is 0.0911. The van der Waals surface area contributed by atoms with Gasteiger partial charge in [-0.15, -0.1) is 0 Å². The van der Waals surface area contributed by atoms with Crippen LogP contribution in [0.5, 0.6) is 5.88 Å². The summed E-state index contributed by atoms with van der Waals surface area (Å²) in [7, 11) is 1.53. The van der Waals surface area contributed by atoms with Crippen molar-refractivity contribution >= 4 is 5.91 Å². The number of nitrogens with zero attached hydrogens (tertiary/aromatic N) is 2. The van der Waals surface area contributed by atoms with Gasteiger partial charge in [0.15, 0.2) is 0 Å². The molecule has 0 fully saturated rings. The number of hydrogen-bond acceptors (Lipinski definition) is 5. The molecule has 0 spiro atoms. The molecule has 0 unspecified atom stereocenters. The van der Waals surface area contributed by atoms with Crippen LogP contribution in [0, 0.1) is 13.8 Å². The molecule has 2 heterocycles. The molecule has 112 valence electrons. The first kappa shape index (κ1) is 15.0. The Kier molecular flexibility index (Phi) is 3.97. The number of nitrogens with one attached hydrogen (secondary N) is 1. The van der Waals surface area contributed by atoms with Crippen molar-refractivity contribution < 1.29 is 14.1 Å². The van der Waals surface area contributed by atoms with E-state index in [1.165, 1.54) is 13.3 Å². The van der Waals surface area contributed by atoms with Crippen molar-refractivity contribution in [2.24, 2.45) is 0 Å². The second-order valence-electron chi connectivity index (χ2n) is 5.37. The Morgan fingerprint density at radius 1 is 1.33 bits per heavy atom. The Morgan fingerprint density at radius 2 is 2.05 bits per heavy atom. The lowest BCUT2D eigenvalue weighted by Crippen LogP contribution is -2.41. The monoisotopic (exact) mass is 289 g/mol. The summed E-state index contributed by atoms with van der Waals surface area (Å²) in [6, 6.07) is 3.32. The van der Waals surface area contributed by atoms with E-state index in [9.17, 15) is 4.79 Å². The molecule has 0 aliphatic carbocycles. The van der Waals surface area contributed by atoms with Crippen molar-refractivity contribution in [1.82, 2.24) is 15.5 Å². The van der Waals surface area contributed by atoms with E-state index in [0.29, 0.717) is 17.2 Å². The van der Waals surface area contributed by atoms with E-state index in [4.69, 9.17) is 9.26 Å². The number of methoxy groups -OCH3 is 1. The number of carbonyl (C=O) groups excluding carboxylic acids is 1. The van der Waals surface area contributed by atoms with Gasteiger partial charge in [0.1, 0.15) is 5.76 Å². The Morgan fingerprint density at radius 3 is 2.52 bits per heavy atom. The zero-order valence-electron chi connectivity index (χ0n) is 12.9. The van der Waals surface area contributed by atoms with Gasteiger partial charge in [0.2, 0.25) is 5.88 Å². The second kappa shape index (κ2) is 5.55. The van der Waals surface area contributed by atoms with E-state index in [2.05, 4.69) is 15.5 Å². The maximum absolute atomic E-state index is 12.3.